The number of piperidine rings is 1. The second-order valence-corrected chi connectivity index (χ2v) is 11.4. The van der Waals surface area contributed by atoms with Crippen molar-refractivity contribution in [1.29, 1.82) is 0 Å². The number of aromatic nitrogens is 1. The van der Waals surface area contributed by atoms with Gasteiger partial charge in [0.2, 0.25) is 5.91 Å². The van der Waals surface area contributed by atoms with Gasteiger partial charge in [-0.25, -0.2) is 4.98 Å². The zero-order valence-corrected chi connectivity index (χ0v) is 22.7. The van der Waals surface area contributed by atoms with Gasteiger partial charge >= 0.3 is 0 Å². The molecule has 2 N–H and O–H groups in total. The number of hydrogen-bond donors (Lipinski definition) is 1. The van der Waals surface area contributed by atoms with Crippen LogP contribution in [0.3, 0.4) is 0 Å². The largest absolute Gasteiger partial charge is 0.493 e. The summed E-state index contributed by atoms with van der Waals surface area (Å²) in [6.45, 7) is 3.49. The van der Waals surface area contributed by atoms with E-state index in [1.807, 2.05) is 24.3 Å². The lowest BCUT2D eigenvalue weighted by Gasteiger charge is -2.47. The first-order chi connectivity index (χ1) is 18.5. The van der Waals surface area contributed by atoms with Crippen LogP contribution in [-0.2, 0) is 4.79 Å². The van der Waals surface area contributed by atoms with Gasteiger partial charge in [-0.2, -0.15) is 0 Å². The molecule has 1 amide bonds. The average Bonchev–Trinajstić information content (AvgIpc) is 2.94. The molecule has 202 valence electrons. The summed E-state index contributed by atoms with van der Waals surface area (Å²) in [5, 5.41) is 1.96. The number of fused-ring (bicyclic) bond motifs is 1. The van der Waals surface area contributed by atoms with Crippen molar-refractivity contribution in [2.75, 3.05) is 18.9 Å². The fourth-order valence-electron chi connectivity index (χ4n) is 6.96. The molecule has 2 aliphatic carbocycles. The highest BCUT2D eigenvalue weighted by Crippen LogP contribution is 2.33. The van der Waals surface area contributed by atoms with Crippen molar-refractivity contribution in [3.8, 4) is 5.75 Å². The van der Waals surface area contributed by atoms with Crippen LogP contribution in [-0.4, -0.2) is 58.0 Å². The van der Waals surface area contributed by atoms with E-state index < -0.39 is 6.02 Å². The third kappa shape index (κ3) is 6.22. The molecule has 37 heavy (non-hydrogen) atoms. The molecule has 0 bridgehead atoms. The van der Waals surface area contributed by atoms with Gasteiger partial charge in [-0.05, 0) is 81.5 Å². The van der Waals surface area contributed by atoms with Gasteiger partial charge in [0.1, 0.15) is 11.6 Å². The van der Waals surface area contributed by atoms with E-state index in [0.717, 1.165) is 87.3 Å². The number of nitrogen functional groups attached to an aromatic ring is 1. The first-order valence-corrected chi connectivity index (χ1v) is 14.8. The standard InChI is InChI=1S/C31H46N4O2/c1-23(35(26-11-4-2-5-12-26)27-13-6-3-7-14-27)31(36)34-20-9-8-10-25(34)18-21-37-28-15-16-29-24(22-28)17-19-33-30(29)32/h15-17,19,22-23,25-27H,2-14,18,20-21H2,1H3,(H2,32,33)/t23-,25?/m0/s1/i26D. The lowest BCUT2D eigenvalue weighted by Crippen LogP contribution is -2.58. The molecule has 2 aromatic rings. The molecule has 1 unspecified atom stereocenters. The molecule has 6 nitrogen and oxygen atoms in total. The first kappa shape index (κ1) is 25.0. The molecule has 0 radical (unpaired) electrons. The number of ether oxygens (including phenoxy) is 1. The number of likely N-dealkylation sites (tertiary alicyclic amines) is 1. The fourth-order valence-corrected chi connectivity index (χ4v) is 6.96. The number of nitrogens with two attached hydrogens (primary N) is 1. The highest BCUT2D eigenvalue weighted by molar-refractivity contribution is 5.91. The average molecular weight is 508 g/mol. The molecule has 2 saturated carbocycles. The Balaban J connectivity index is 1.26. The summed E-state index contributed by atoms with van der Waals surface area (Å²) in [6, 6.07) is 7.60. The van der Waals surface area contributed by atoms with Gasteiger partial charge in [0.15, 0.2) is 0 Å². The smallest absolute Gasteiger partial charge is 0.239 e. The van der Waals surface area contributed by atoms with E-state index in [9.17, 15) is 6.17 Å². The summed E-state index contributed by atoms with van der Waals surface area (Å²) in [6.07, 6.45) is 17.0. The molecular weight excluding hydrogens is 460 g/mol. The van der Waals surface area contributed by atoms with Crippen LogP contribution in [0.2, 0.25) is 0 Å². The van der Waals surface area contributed by atoms with Crippen LogP contribution in [0.4, 0.5) is 5.82 Å². The van der Waals surface area contributed by atoms with E-state index in [1.54, 1.807) is 6.20 Å². The minimum absolute atomic E-state index is 0.195. The second-order valence-electron chi connectivity index (χ2n) is 11.4. The number of carbonyl (C=O) groups is 1. The molecule has 1 saturated heterocycles. The van der Waals surface area contributed by atoms with Gasteiger partial charge in [-0.1, -0.05) is 38.5 Å². The Hall–Kier alpha value is -2.34. The Morgan fingerprint density at radius 3 is 2.59 bits per heavy atom. The van der Waals surface area contributed by atoms with Crippen LogP contribution in [0.1, 0.15) is 98.2 Å². The molecule has 5 rings (SSSR count). The van der Waals surface area contributed by atoms with E-state index in [-0.39, 0.29) is 18.0 Å². The third-order valence-corrected chi connectivity index (χ3v) is 8.94. The van der Waals surface area contributed by atoms with Gasteiger partial charge in [0.05, 0.1) is 12.6 Å². The van der Waals surface area contributed by atoms with E-state index >= 15 is 0 Å². The summed E-state index contributed by atoms with van der Waals surface area (Å²) in [4.78, 5) is 22.8. The Morgan fingerprint density at radius 1 is 1.08 bits per heavy atom. The number of benzene rings is 1. The summed E-state index contributed by atoms with van der Waals surface area (Å²) in [5.74, 6) is 1.58. The molecule has 2 heterocycles. The molecule has 2 atom stereocenters. The number of amides is 1. The molecule has 3 fully saturated rings. The van der Waals surface area contributed by atoms with Crippen LogP contribution >= 0.6 is 0 Å². The Labute approximate surface area is 224 Å². The Kier molecular flexibility index (Phi) is 8.41. The number of hydrogen-bond acceptors (Lipinski definition) is 5. The van der Waals surface area contributed by atoms with Crippen molar-refractivity contribution < 1.29 is 10.9 Å². The van der Waals surface area contributed by atoms with Crippen molar-refractivity contribution in [3.63, 3.8) is 0 Å². The molecular formula is C31H46N4O2. The van der Waals surface area contributed by atoms with Crippen LogP contribution in [0, 0.1) is 0 Å². The quantitative estimate of drug-likeness (QED) is 0.452. The SMILES string of the molecule is [2H]C1(N(C2CCCCC2)[C@@H](C)C(=O)N2CCCCC2CCOc2ccc3c(N)nccc3c2)CCCCC1. The number of anilines is 1. The van der Waals surface area contributed by atoms with E-state index in [4.69, 9.17) is 10.5 Å². The fraction of sp³-hybridized carbons (Fsp3) is 0.677. The van der Waals surface area contributed by atoms with Gasteiger partial charge in [0.25, 0.3) is 0 Å². The van der Waals surface area contributed by atoms with Crippen LogP contribution in [0.15, 0.2) is 30.5 Å². The van der Waals surface area contributed by atoms with Crippen molar-refractivity contribution in [1.82, 2.24) is 14.8 Å². The molecule has 1 aliphatic heterocycles. The van der Waals surface area contributed by atoms with Crippen molar-refractivity contribution >= 4 is 22.5 Å². The van der Waals surface area contributed by atoms with Gasteiger partial charge in [-0.3, -0.25) is 9.69 Å². The zero-order chi connectivity index (χ0) is 26.5. The number of nitrogens with zero attached hydrogens (tertiary/aromatic N) is 3. The third-order valence-electron chi connectivity index (χ3n) is 8.94. The van der Waals surface area contributed by atoms with E-state index in [2.05, 4.69) is 21.7 Å². The zero-order valence-electron chi connectivity index (χ0n) is 23.7. The van der Waals surface area contributed by atoms with Crippen molar-refractivity contribution in [2.45, 2.75) is 121 Å². The summed E-state index contributed by atoms with van der Waals surface area (Å²) in [7, 11) is 0. The lowest BCUT2D eigenvalue weighted by atomic mass is 9.87. The van der Waals surface area contributed by atoms with Crippen LogP contribution in [0.5, 0.6) is 5.75 Å². The molecule has 1 aromatic heterocycles. The second kappa shape index (κ2) is 12.5. The lowest BCUT2D eigenvalue weighted by molar-refractivity contribution is -0.143. The number of carbonyl (C=O) groups excluding carboxylic acids is 1. The highest BCUT2D eigenvalue weighted by Gasteiger charge is 2.38. The minimum atomic E-state index is -0.598. The normalized spacial score (nSPS) is 24.1. The maximum atomic E-state index is 14.1. The topological polar surface area (TPSA) is 71.7 Å². The van der Waals surface area contributed by atoms with Crippen molar-refractivity contribution in [3.05, 3.63) is 30.5 Å². The minimum Gasteiger partial charge on any atom is -0.493 e. The number of pyridine rings is 1. The molecule has 6 heteroatoms. The molecule has 1 aromatic carbocycles. The van der Waals surface area contributed by atoms with Gasteiger partial charge in [-0.15, -0.1) is 0 Å². The Bertz CT molecular complexity index is 1080. The monoisotopic (exact) mass is 507 g/mol. The van der Waals surface area contributed by atoms with Crippen molar-refractivity contribution in [2.24, 2.45) is 0 Å². The summed E-state index contributed by atoms with van der Waals surface area (Å²) >= 11 is 0. The van der Waals surface area contributed by atoms with Crippen LogP contribution in [0.25, 0.3) is 10.8 Å². The van der Waals surface area contributed by atoms with Gasteiger partial charge < -0.3 is 15.4 Å². The molecule has 3 aliphatic rings. The predicted octanol–water partition coefficient (Wildman–Crippen LogP) is 6.32. The maximum Gasteiger partial charge on any atom is 0.239 e. The predicted molar refractivity (Wildman–Crippen MR) is 151 cm³/mol. The molecule has 0 spiro atoms. The van der Waals surface area contributed by atoms with Crippen LogP contribution < -0.4 is 10.5 Å². The van der Waals surface area contributed by atoms with Gasteiger partial charge in [0, 0.05) is 44.0 Å². The maximum absolute atomic E-state index is 14.1. The number of rotatable bonds is 8. The summed E-state index contributed by atoms with van der Waals surface area (Å²) in [5.41, 5.74) is 5.99. The van der Waals surface area contributed by atoms with E-state index in [1.165, 1.54) is 25.7 Å². The highest BCUT2D eigenvalue weighted by atomic mass is 16.5. The first-order valence-electron chi connectivity index (χ1n) is 15.3. The Morgan fingerprint density at radius 2 is 1.81 bits per heavy atom. The summed E-state index contributed by atoms with van der Waals surface area (Å²) < 4.78 is 15.7. The van der Waals surface area contributed by atoms with E-state index in [0.29, 0.717) is 18.5 Å².